The van der Waals surface area contributed by atoms with Gasteiger partial charge in [-0.15, -0.1) is 11.3 Å². The van der Waals surface area contributed by atoms with Crippen LogP contribution in [0.2, 0.25) is 5.02 Å². The van der Waals surface area contributed by atoms with Crippen molar-refractivity contribution >= 4 is 62.8 Å². The minimum absolute atomic E-state index is 0.198. The molecule has 4 aromatic rings. The Bertz CT molecular complexity index is 1410. The van der Waals surface area contributed by atoms with E-state index in [1.165, 1.54) is 23.1 Å². The number of methoxy groups -OCH3 is 1. The lowest BCUT2D eigenvalue weighted by atomic mass is 10.1. The van der Waals surface area contributed by atoms with Gasteiger partial charge in [-0.2, -0.15) is 5.10 Å². The first-order valence-electron chi connectivity index (χ1n) is 11.1. The predicted octanol–water partition coefficient (Wildman–Crippen LogP) is 7.36. The van der Waals surface area contributed by atoms with Crippen LogP contribution in [0.5, 0.6) is 11.5 Å². The Morgan fingerprint density at radius 2 is 2.00 bits per heavy atom. The number of thioether (sulfide) groups is 1. The van der Waals surface area contributed by atoms with Crippen LogP contribution in [-0.4, -0.2) is 30.0 Å². The molecule has 0 saturated carbocycles. The fourth-order valence-electron chi connectivity index (χ4n) is 3.29. The van der Waals surface area contributed by atoms with E-state index in [4.69, 9.17) is 21.1 Å². The number of rotatable bonds is 10. The summed E-state index contributed by atoms with van der Waals surface area (Å²) in [5.41, 5.74) is 7.39. The zero-order valence-electron chi connectivity index (χ0n) is 20.0. The van der Waals surface area contributed by atoms with Crippen molar-refractivity contribution < 1.29 is 14.3 Å². The largest absolute Gasteiger partial charge is 0.493 e. The summed E-state index contributed by atoms with van der Waals surface area (Å²) in [5, 5.41) is 6.72. The number of carbonyl (C=O) groups excluding carboxylic acids is 1. The summed E-state index contributed by atoms with van der Waals surface area (Å²) in [4.78, 5) is 16.9. The number of nitrogens with one attached hydrogen (secondary N) is 1. The van der Waals surface area contributed by atoms with Gasteiger partial charge in [0.1, 0.15) is 6.61 Å². The van der Waals surface area contributed by atoms with E-state index < -0.39 is 0 Å². The number of halogens is 2. The third-order valence-corrected chi connectivity index (χ3v) is 8.10. The molecule has 1 amide bonds. The highest BCUT2D eigenvalue weighted by Gasteiger charge is 2.13. The van der Waals surface area contributed by atoms with E-state index in [2.05, 4.69) is 31.4 Å². The Balaban J connectivity index is 1.31. The van der Waals surface area contributed by atoms with Crippen LogP contribution in [0, 0.1) is 6.92 Å². The second kappa shape index (κ2) is 13.1. The quantitative estimate of drug-likeness (QED) is 0.114. The van der Waals surface area contributed by atoms with Crippen LogP contribution in [0.15, 0.2) is 80.0 Å². The zero-order valence-corrected chi connectivity index (χ0v) is 24.0. The van der Waals surface area contributed by atoms with Crippen LogP contribution in [0.4, 0.5) is 0 Å². The summed E-state index contributed by atoms with van der Waals surface area (Å²) in [6, 6.07) is 19.2. The van der Waals surface area contributed by atoms with Gasteiger partial charge < -0.3 is 9.47 Å². The van der Waals surface area contributed by atoms with Crippen LogP contribution in [0.25, 0.3) is 11.3 Å². The maximum absolute atomic E-state index is 12.3. The van der Waals surface area contributed by atoms with E-state index >= 15 is 0 Å². The SMILES string of the molecule is COc1cc(/C=N/NC(=O)CSc2nc(-c3ccc(Cl)cc3)cs2)cc(Br)c1OCc1ccccc1C. The Morgan fingerprint density at radius 3 is 2.76 bits per heavy atom. The van der Waals surface area contributed by atoms with Crippen LogP contribution >= 0.6 is 50.6 Å². The molecular weight excluding hydrogens is 594 g/mol. The van der Waals surface area contributed by atoms with Crippen molar-refractivity contribution in [3.63, 3.8) is 0 Å². The number of hydrazone groups is 1. The van der Waals surface area contributed by atoms with Gasteiger partial charge in [-0.3, -0.25) is 4.79 Å². The van der Waals surface area contributed by atoms with Crippen molar-refractivity contribution in [1.82, 2.24) is 10.4 Å². The van der Waals surface area contributed by atoms with Crippen molar-refractivity contribution in [2.45, 2.75) is 17.9 Å². The minimum Gasteiger partial charge on any atom is -0.493 e. The van der Waals surface area contributed by atoms with Crippen molar-refractivity contribution in [2.75, 3.05) is 12.9 Å². The first kappa shape index (κ1) is 27.2. The molecule has 190 valence electrons. The molecule has 6 nitrogen and oxygen atoms in total. The lowest BCUT2D eigenvalue weighted by Crippen LogP contribution is -2.19. The van der Waals surface area contributed by atoms with Gasteiger partial charge in [0.15, 0.2) is 15.8 Å². The molecule has 0 aliphatic rings. The molecule has 0 radical (unpaired) electrons. The summed E-state index contributed by atoms with van der Waals surface area (Å²) < 4.78 is 13.1. The van der Waals surface area contributed by atoms with E-state index in [0.717, 1.165) is 36.8 Å². The Morgan fingerprint density at radius 1 is 1.22 bits per heavy atom. The average molecular weight is 617 g/mol. The first-order valence-corrected chi connectivity index (χ1v) is 14.2. The number of ether oxygens (including phenoxy) is 2. The van der Waals surface area contributed by atoms with Gasteiger partial charge in [0.05, 0.1) is 29.2 Å². The molecule has 1 N–H and O–H groups in total. The Kier molecular flexibility index (Phi) is 9.62. The molecule has 10 heteroatoms. The fourth-order valence-corrected chi connectivity index (χ4v) is 5.62. The fraction of sp³-hybridized carbons (Fsp3) is 0.148. The van der Waals surface area contributed by atoms with Gasteiger partial charge in [0.2, 0.25) is 0 Å². The van der Waals surface area contributed by atoms with Gasteiger partial charge in [0, 0.05) is 16.0 Å². The van der Waals surface area contributed by atoms with E-state index in [0.29, 0.717) is 23.1 Å². The standard InChI is InChI=1S/C27H23BrClN3O3S2/c1-17-5-3-4-6-20(17)14-35-26-22(28)11-18(12-24(26)34-2)13-30-32-25(33)16-37-27-31-23(15-36-27)19-7-9-21(29)10-8-19/h3-13,15H,14,16H2,1-2H3,(H,32,33)/b30-13+. The lowest BCUT2D eigenvalue weighted by molar-refractivity contribution is -0.118. The Labute approximate surface area is 237 Å². The summed E-state index contributed by atoms with van der Waals surface area (Å²) in [6.07, 6.45) is 1.56. The number of thiazole rings is 1. The molecule has 1 aromatic heterocycles. The maximum atomic E-state index is 12.3. The Hall–Kier alpha value is -2.85. The molecule has 0 aliphatic carbocycles. The van der Waals surface area contributed by atoms with Crippen LogP contribution in [0.3, 0.4) is 0 Å². The minimum atomic E-state index is -0.228. The second-order valence-corrected chi connectivity index (χ2v) is 11.2. The molecule has 0 fully saturated rings. The van der Waals surface area contributed by atoms with Gasteiger partial charge in [-0.05, 0) is 63.8 Å². The molecule has 0 saturated heterocycles. The number of carbonyl (C=O) groups is 1. The maximum Gasteiger partial charge on any atom is 0.250 e. The monoisotopic (exact) mass is 615 g/mol. The normalized spacial score (nSPS) is 11.0. The van der Waals surface area contributed by atoms with Gasteiger partial charge in [-0.1, -0.05) is 59.8 Å². The average Bonchev–Trinajstić information content (AvgIpc) is 3.37. The zero-order chi connectivity index (χ0) is 26.2. The molecular formula is C27H23BrClN3O3S2. The molecule has 0 atom stereocenters. The number of benzene rings is 3. The summed E-state index contributed by atoms with van der Waals surface area (Å²) in [5.74, 6) is 1.13. The third kappa shape index (κ3) is 7.58. The molecule has 3 aromatic carbocycles. The van der Waals surface area contributed by atoms with E-state index in [1.54, 1.807) is 19.4 Å². The van der Waals surface area contributed by atoms with Crippen molar-refractivity contribution in [3.8, 4) is 22.8 Å². The van der Waals surface area contributed by atoms with Gasteiger partial charge in [0.25, 0.3) is 5.91 Å². The van der Waals surface area contributed by atoms with Gasteiger partial charge in [-0.25, -0.2) is 10.4 Å². The molecule has 0 bridgehead atoms. The smallest absolute Gasteiger partial charge is 0.250 e. The summed E-state index contributed by atoms with van der Waals surface area (Å²) in [7, 11) is 1.58. The highest BCUT2D eigenvalue weighted by atomic mass is 79.9. The summed E-state index contributed by atoms with van der Waals surface area (Å²) >= 11 is 12.4. The van der Waals surface area contributed by atoms with E-state index in [9.17, 15) is 4.79 Å². The molecule has 0 unspecified atom stereocenters. The highest BCUT2D eigenvalue weighted by molar-refractivity contribution is 9.10. The topological polar surface area (TPSA) is 72.8 Å². The van der Waals surface area contributed by atoms with Crippen LogP contribution in [-0.2, 0) is 11.4 Å². The van der Waals surface area contributed by atoms with Crippen molar-refractivity contribution in [2.24, 2.45) is 5.10 Å². The number of hydrogen-bond donors (Lipinski definition) is 1. The lowest BCUT2D eigenvalue weighted by Gasteiger charge is -2.14. The van der Waals surface area contributed by atoms with Crippen molar-refractivity contribution in [3.05, 3.63) is 92.2 Å². The van der Waals surface area contributed by atoms with E-state index in [1.807, 2.05) is 66.9 Å². The predicted molar refractivity (Wildman–Crippen MR) is 155 cm³/mol. The third-order valence-electron chi connectivity index (χ3n) is 5.24. The van der Waals surface area contributed by atoms with Gasteiger partial charge >= 0.3 is 0 Å². The number of nitrogens with zero attached hydrogens (tertiary/aromatic N) is 2. The first-order chi connectivity index (χ1) is 17.9. The molecule has 0 spiro atoms. The highest BCUT2D eigenvalue weighted by Crippen LogP contribution is 2.37. The van der Waals surface area contributed by atoms with Crippen LogP contribution in [0.1, 0.15) is 16.7 Å². The molecule has 4 rings (SSSR count). The molecule has 37 heavy (non-hydrogen) atoms. The molecule has 1 heterocycles. The second-order valence-electron chi connectivity index (χ2n) is 7.84. The molecule has 0 aliphatic heterocycles. The van der Waals surface area contributed by atoms with Crippen molar-refractivity contribution in [1.29, 1.82) is 0 Å². The number of hydrogen-bond acceptors (Lipinski definition) is 7. The number of aromatic nitrogens is 1. The summed E-state index contributed by atoms with van der Waals surface area (Å²) in [6.45, 7) is 2.47. The number of amides is 1. The van der Waals surface area contributed by atoms with Crippen LogP contribution < -0.4 is 14.9 Å². The van der Waals surface area contributed by atoms with E-state index in [-0.39, 0.29) is 11.7 Å². The number of aryl methyl sites for hydroxylation is 1.